The van der Waals surface area contributed by atoms with Crippen molar-refractivity contribution >= 4 is 45.4 Å². The molecule has 1 N–H and O–H groups in total. The van der Waals surface area contributed by atoms with Gasteiger partial charge < -0.3 is 5.32 Å². The predicted octanol–water partition coefficient (Wildman–Crippen LogP) is 4.86. The number of thioether (sulfide) groups is 2. The molecule has 0 aliphatic heterocycles. The summed E-state index contributed by atoms with van der Waals surface area (Å²) in [6.45, 7) is 0.804. The maximum atomic E-state index is 11.8. The molecule has 1 aliphatic rings. The van der Waals surface area contributed by atoms with Crippen LogP contribution in [-0.2, 0) is 10.5 Å². The van der Waals surface area contributed by atoms with Gasteiger partial charge >= 0.3 is 0 Å². The number of hydrogen-bond acceptors (Lipinski definition) is 3. The number of halogens is 1. The molecule has 1 aromatic carbocycles. The van der Waals surface area contributed by atoms with E-state index in [0.717, 1.165) is 27.8 Å². The topological polar surface area (TPSA) is 29.1 Å². The van der Waals surface area contributed by atoms with E-state index in [1.165, 1.54) is 37.7 Å². The normalized spacial score (nSPS) is 15.7. The van der Waals surface area contributed by atoms with Crippen LogP contribution < -0.4 is 5.32 Å². The molecule has 0 bridgehead atoms. The lowest BCUT2D eigenvalue weighted by Crippen LogP contribution is -2.28. The summed E-state index contributed by atoms with van der Waals surface area (Å²) >= 11 is 7.14. The van der Waals surface area contributed by atoms with Gasteiger partial charge in [-0.05, 0) is 30.5 Å². The van der Waals surface area contributed by atoms with Gasteiger partial charge in [0.05, 0.1) is 5.75 Å². The van der Waals surface area contributed by atoms with Crippen molar-refractivity contribution < 1.29 is 4.79 Å². The van der Waals surface area contributed by atoms with Crippen molar-refractivity contribution in [3.8, 4) is 0 Å². The molecule has 22 heavy (non-hydrogen) atoms. The van der Waals surface area contributed by atoms with E-state index >= 15 is 0 Å². The van der Waals surface area contributed by atoms with Crippen molar-refractivity contribution in [2.45, 2.75) is 43.1 Å². The van der Waals surface area contributed by atoms with Gasteiger partial charge in [-0.25, -0.2) is 0 Å². The fraction of sp³-hybridized carbons (Fsp3) is 0.588. The Morgan fingerprint density at radius 3 is 2.64 bits per heavy atom. The van der Waals surface area contributed by atoms with E-state index in [-0.39, 0.29) is 5.91 Å². The summed E-state index contributed by atoms with van der Waals surface area (Å²) in [5.74, 6) is 2.64. The van der Waals surface area contributed by atoms with Gasteiger partial charge in [0.25, 0.3) is 0 Å². The lowest BCUT2D eigenvalue weighted by atomic mass is 10.0. The average molecular weight is 402 g/mol. The van der Waals surface area contributed by atoms with Crippen molar-refractivity contribution in [1.82, 2.24) is 5.32 Å². The lowest BCUT2D eigenvalue weighted by Gasteiger charge is -2.20. The highest BCUT2D eigenvalue weighted by Crippen LogP contribution is 2.27. The first-order valence-electron chi connectivity index (χ1n) is 7.94. The Bertz CT molecular complexity index is 446. The van der Waals surface area contributed by atoms with Crippen LogP contribution >= 0.6 is 39.5 Å². The average Bonchev–Trinajstić information content (AvgIpc) is 2.54. The summed E-state index contributed by atoms with van der Waals surface area (Å²) in [7, 11) is 0. The molecule has 2 rings (SSSR count). The largest absolute Gasteiger partial charge is 0.355 e. The molecule has 0 heterocycles. The molecule has 0 unspecified atom stereocenters. The highest BCUT2D eigenvalue weighted by Gasteiger charge is 2.13. The Morgan fingerprint density at radius 1 is 1.18 bits per heavy atom. The Balaban J connectivity index is 1.49. The Kier molecular flexibility index (Phi) is 8.78. The van der Waals surface area contributed by atoms with Crippen molar-refractivity contribution in [2.75, 3.05) is 18.1 Å². The summed E-state index contributed by atoms with van der Waals surface area (Å²) in [6, 6.07) is 8.27. The van der Waals surface area contributed by atoms with E-state index in [1.807, 2.05) is 23.9 Å². The van der Waals surface area contributed by atoms with Gasteiger partial charge in [-0.3, -0.25) is 4.79 Å². The van der Waals surface area contributed by atoms with E-state index < -0.39 is 0 Å². The maximum Gasteiger partial charge on any atom is 0.230 e. The van der Waals surface area contributed by atoms with Gasteiger partial charge in [-0.15, -0.1) is 11.8 Å². The lowest BCUT2D eigenvalue weighted by molar-refractivity contribution is -0.118. The van der Waals surface area contributed by atoms with E-state index in [1.54, 1.807) is 11.8 Å². The summed E-state index contributed by atoms with van der Waals surface area (Å²) < 4.78 is 1.09. The van der Waals surface area contributed by atoms with Crippen LogP contribution in [0.15, 0.2) is 28.7 Å². The van der Waals surface area contributed by atoms with Gasteiger partial charge in [0.15, 0.2) is 0 Å². The number of nitrogens with one attached hydrogen (secondary N) is 1. The minimum atomic E-state index is 0.159. The second-order valence-corrected chi connectivity index (χ2v) is 8.91. The monoisotopic (exact) mass is 401 g/mol. The highest BCUT2D eigenvalue weighted by atomic mass is 79.9. The van der Waals surface area contributed by atoms with Crippen LogP contribution in [0.2, 0.25) is 0 Å². The molecule has 0 aromatic heterocycles. The standard InChI is InChI=1S/C17H24BrNOS2/c18-15-8-6-14(7-9-15)12-21-13-17(20)19-10-11-22-16-4-2-1-3-5-16/h6-9,16H,1-5,10-13H2,(H,19,20). The Morgan fingerprint density at radius 2 is 1.91 bits per heavy atom. The first kappa shape index (κ1) is 18.2. The zero-order valence-corrected chi connectivity index (χ0v) is 16.1. The molecule has 1 saturated carbocycles. The second kappa shape index (κ2) is 10.6. The molecule has 0 radical (unpaired) electrons. The molecule has 1 amide bonds. The molecular weight excluding hydrogens is 378 g/mol. The molecule has 0 atom stereocenters. The number of carbonyl (C=O) groups is 1. The van der Waals surface area contributed by atoms with Crippen LogP contribution in [0.3, 0.4) is 0 Å². The first-order chi connectivity index (χ1) is 10.7. The van der Waals surface area contributed by atoms with Crippen LogP contribution in [0.1, 0.15) is 37.7 Å². The van der Waals surface area contributed by atoms with Crippen molar-refractivity contribution in [1.29, 1.82) is 0 Å². The third-order valence-corrected chi connectivity index (χ3v) is 6.66. The molecule has 2 nitrogen and oxygen atoms in total. The third-order valence-electron chi connectivity index (χ3n) is 3.75. The van der Waals surface area contributed by atoms with Gasteiger partial charge in [0, 0.05) is 27.8 Å². The Labute approximate surface area is 150 Å². The highest BCUT2D eigenvalue weighted by molar-refractivity contribution is 9.10. The smallest absolute Gasteiger partial charge is 0.230 e. The number of amides is 1. The molecule has 0 spiro atoms. The van der Waals surface area contributed by atoms with Crippen molar-refractivity contribution in [3.63, 3.8) is 0 Å². The van der Waals surface area contributed by atoms with E-state index in [9.17, 15) is 4.79 Å². The predicted molar refractivity (Wildman–Crippen MR) is 103 cm³/mol. The minimum absolute atomic E-state index is 0.159. The number of hydrogen-bond donors (Lipinski definition) is 1. The zero-order chi connectivity index (χ0) is 15.6. The second-order valence-electron chi connectivity index (χ2n) is 5.60. The SMILES string of the molecule is O=C(CSCc1ccc(Br)cc1)NCCSC1CCCCC1. The molecular formula is C17H24BrNOS2. The molecule has 1 aliphatic carbocycles. The van der Waals surface area contributed by atoms with Crippen LogP contribution in [0.4, 0.5) is 0 Å². The fourth-order valence-electron chi connectivity index (χ4n) is 2.54. The number of benzene rings is 1. The van der Waals surface area contributed by atoms with E-state index in [2.05, 4.69) is 33.4 Å². The van der Waals surface area contributed by atoms with Crippen molar-refractivity contribution in [3.05, 3.63) is 34.3 Å². The summed E-state index contributed by atoms with van der Waals surface area (Å²) in [5, 5.41) is 3.86. The molecule has 1 aromatic rings. The van der Waals surface area contributed by atoms with Crippen LogP contribution in [0.5, 0.6) is 0 Å². The number of carbonyl (C=O) groups excluding carboxylic acids is 1. The fourth-order valence-corrected chi connectivity index (χ4v) is 4.84. The van der Waals surface area contributed by atoms with Crippen LogP contribution in [-0.4, -0.2) is 29.2 Å². The molecule has 122 valence electrons. The summed E-state index contributed by atoms with van der Waals surface area (Å²) in [6.07, 6.45) is 6.90. The summed E-state index contributed by atoms with van der Waals surface area (Å²) in [5.41, 5.74) is 1.26. The van der Waals surface area contributed by atoms with E-state index in [4.69, 9.17) is 0 Å². The van der Waals surface area contributed by atoms with E-state index in [0.29, 0.717) is 5.75 Å². The van der Waals surface area contributed by atoms with Crippen molar-refractivity contribution in [2.24, 2.45) is 0 Å². The Hall–Kier alpha value is -0.130. The van der Waals surface area contributed by atoms with Gasteiger partial charge in [0.1, 0.15) is 0 Å². The molecule has 1 fully saturated rings. The van der Waals surface area contributed by atoms with Gasteiger partial charge in [-0.2, -0.15) is 11.8 Å². The van der Waals surface area contributed by atoms with Gasteiger partial charge in [-0.1, -0.05) is 47.3 Å². The minimum Gasteiger partial charge on any atom is -0.355 e. The summed E-state index contributed by atoms with van der Waals surface area (Å²) in [4.78, 5) is 11.8. The van der Waals surface area contributed by atoms with Crippen LogP contribution in [0.25, 0.3) is 0 Å². The molecule has 0 saturated heterocycles. The van der Waals surface area contributed by atoms with Crippen LogP contribution in [0, 0.1) is 0 Å². The van der Waals surface area contributed by atoms with Gasteiger partial charge in [0.2, 0.25) is 5.91 Å². The third kappa shape index (κ3) is 7.42. The molecule has 5 heteroatoms. The maximum absolute atomic E-state index is 11.8. The zero-order valence-electron chi connectivity index (χ0n) is 12.9. The quantitative estimate of drug-likeness (QED) is 0.630. The number of rotatable bonds is 8. The first-order valence-corrected chi connectivity index (χ1v) is 10.9.